The number of nitrogens with zero attached hydrogens (tertiary/aromatic N) is 1. The van der Waals surface area contributed by atoms with Crippen LogP contribution in [0.1, 0.15) is 33.1 Å². The minimum Gasteiger partial charge on any atom is -0.468 e. The Balaban J connectivity index is 0.000000505. The molecule has 0 amide bonds. The smallest absolute Gasteiger partial charge is 0.305 e. The van der Waals surface area contributed by atoms with Crippen molar-refractivity contribution in [3.05, 3.63) is 35.5 Å². The molecule has 0 saturated heterocycles. The van der Waals surface area contributed by atoms with E-state index < -0.39 is 0 Å². The maximum absolute atomic E-state index is 11.2. The third-order valence-electron chi connectivity index (χ3n) is 3.33. The molecular weight excluding hydrogens is 330 g/mol. The van der Waals surface area contributed by atoms with E-state index in [0.717, 1.165) is 35.3 Å². The fraction of sp³-hybridized carbons (Fsp3) is 0.444. The van der Waals surface area contributed by atoms with Crippen LogP contribution in [0.25, 0.3) is 10.9 Å². The van der Waals surface area contributed by atoms with Crippen LogP contribution in [0, 0.1) is 0 Å². The van der Waals surface area contributed by atoms with E-state index in [1.165, 1.54) is 0 Å². The van der Waals surface area contributed by atoms with E-state index in [0.29, 0.717) is 26.1 Å². The summed E-state index contributed by atoms with van der Waals surface area (Å²) in [5.41, 5.74) is 1.14. The summed E-state index contributed by atoms with van der Waals surface area (Å²) in [7, 11) is 0. The number of benzene rings is 1. The third-order valence-corrected chi connectivity index (χ3v) is 3.66. The van der Waals surface area contributed by atoms with Gasteiger partial charge in [-0.25, -0.2) is 0 Å². The number of carbonyl (C=O) groups is 2. The molecule has 0 aliphatic rings. The molecule has 1 aromatic heterocycles. The Kier molecular flexibility index (Phi) is 9.61. The van der Waals surface area contributed by atoms with Crippen LogP contribution in [0.5, 0.6) is 0 Å². The van der Waals surface area contributed by atoms with Crippen LogP contribution in [-0.2, 0) is 25.6 Å². The lowest BCUT2D eigenvalue weighted by molar-refractivity contribution is -0.143. The van der Waals surface area contributed by atoms with Gasteiger partial charge in [0.2, 0.25) is 0 Å². The Morgan fingerprint density at radius 2 is 2.00 bits per heavy atom. The average molecular weight is 354 g/mol. The van der Waals surface area contributed by atoms with Gasteiger partial charge in [0, 0.05) is 35.1 Å². The summed E-state index contributed by atoms with van der Waals surface area (Å²) >= 11 is 6.13. The zero-order valence-electron chi connectivity index (χ0n) is 14.2. The van der Waals surface area contributed by atoms with Crippen LogP contribution in [0.2, 0.25) is 5.02 Å². The van der Waals surface area contributed by atoms with Crippen molar-refractivity contribution in [1.82, 2.24) is 4.57 Å². The molecule has 2 rings (SSSR count). The van der Waals surface area contributed by atoms with E-state index in [1.807, 2.05) is 31.3 Å². The van der Waals surface area contributed by atoms with E-state index >= 15 is 0 Å². The van der Waals surface area contributed by atoms with E-state index in [1.54, 1.807) is 6.92 Å². The normalized spacial score (nSPS) is 9.96. The van der Waals surface area contributed by atoms with Gasteiger partial charge < -0.3 is 14.0 Å². The molecule has 0 radical (unpaired) electrons. The maximum atomic E-state index is 11.2. The first-order valence-electron chi connectivity index (χ1n) is 8.08. The zero-order valence-corrected chi connectivity index (χ0v) is 14.9. The number of aryl methyl sites for hydroxylation is 1. The number of esters is 1. The third kappa shape index (κ3) is 6.62. The standard InChI is InChI=1S/C15H18ClNO2.C3H6O2/c1-2-19-15(18)8-3-4-10-17-11-9-12-13(16)6-5-7-14(12)17;1-2-5-3-4/h5-7,9,11H,2-4,8,10H2,1H3;3H,2H2,1H3. The molecule has 0 fully saturated rings. The molecule has 0 N–H and O–H groups in total. The predicted octanol–water partition coefficient (Wildman–Crippen LogP) is 4.21. The van der Waals surface area contributed by atoms with Gasteiger partial charge in [-0.15, -0.1) is 0 Å². The Labute approximate surface area is 147 Å². The monoisotopic (exact) mass is 353 g/mol. The second-order valence-corrected chi connectivity index (χ2v) is 5.40. The second-order valence-electron chi connectivity index (χ2n) is 5.00. The van der Waals surface area contributed by atoms with Gasteiger partial charge >= 0.3 is 5.97 Å². The fourth-order valence-corrected chi connectivity index (χ4v) is 2.47. The quantitative estimate of drug-likeness (QED) is 0.405. The molecule has 24 heavy (non-hydrogen) atoms. The lowest BCUT2D eigenvalue weighted by atomic mass is 10.2. The molecule has 1 aromatic carbocycles. The number of unbranched alkanes of at least 4 members (excludes halogenated alkanes) is 1. The van der Waals surface area contributed by atoms with Crippen LogP contribution in [-0.4, -0.2) is 30.2 Å². The molecule has 0 spiro atoms. The minimum absolute atomic E-state index is 0.108. The Hall–Kier alpha value is -2.01. The summed E-state index contributed by atoms with van der Waals surface area (Å²) in [6.07, 6.45) is 4.34. The highest BCUT2D eigenvalue weighted by atomic mass is 35.5. The molecule has 0 saturated carbocycles. The van der Waals surface area contributed by atoms with Crippen molar-refractivity contribution < 1.29 is 19.1 Å². The van der Waals surface area contributed by atoms with Gasteiger partial charge in [-0.05, 0) is 44.9 Å². The van der Waals surface area contributed by atoms with Crippen molar-refractivity contribution in [3.8, 4) is 0 Å². The SMILES string of the molecule is CCOC(=O)CCCCn1ccc2c(Cl)cccc21.CCOC=O. The summed E-state index contributed by atoms with van der Waals surface area (Å²) in [6.45, 7) is 5.84. The van der Waals surface area contributed by atoms with E-state index in [4.69, 9.17) is 16.3 Å². The number of halogens is 1. The van der Waals surface area contributed by atoms with Crippen molar-refractivity contribution in [2.75, 3.05) is 13.2 Å². The molecule has 6 heteroatoms. The average Bonchev–Trinajstić information content (AvgIpc) is 2.98. The first-order valence-corrected chi connectivity index (χ1v) is 8.46. The van der Waals surface area contributed by atoms with Crippen LogP contribution in [0.3, 0.4) is 0 Å². The van der Waals surface area contributed by atoms with Crippen molar-refractivity contribution in [3.63, 3.8) is 0 Å². The number of ether oxygens (including phenoxy) is 2. The number of hydrogen-bond donors (Lipinski definition) is 0. The predicted molar refractivity (Wildman–Crippen MR) is 95.1 cm³/mol. The fourth-order valence-electron chi connectivity index (χ4n) is 2.23. The summed E-state index contributed by atoms with van der Waals surface area (Å²) in [5.74, 6) is -0.108. The molecular formula is C18H24ClNO4. The molecule has 0 bridgehead atoms. The largest absolute Gasteiger partial charge is 0.468 e. The number of rotatable bonds is 8. The van der Waals surface area contributed by atoms with Gasteiger partial charge in [0.1, 0.15) is 0 Å². The van der Waals surface area contributed by atoms with Gasteiger partial charge in [-0.1, -0.05) is 17.7 Å². The lowest BCUT2D eigenvalue weighted by Gasteiger charge is -2.06. The maximum Gasteiger partial charge on any atom is 0.305 e. The summed E-state index contributed by atoms with van der Waals surface area (Å²) in [6, 6.07) is 7.95. The highest BCUT2D eigenvalue weighted by molar-refractivity contribution is 6.35. The van der Waals surface area contributed by atoms with Crippen molar-refractivity contribution >= 4 is 34.9 Å². The number of fused-ring (bicyclic) bond motifs is 1. The van der Waals surface area contributed by atoms with Crippen molar-refractivity contribution in [2.45, 2.75) is 39.7 Å². The van der Waals surface area contributed by atoms with E-state index in [-0.39, 0.29) is 5.97 Å². The highest BCUT2D eigenvalue weighted by Crippen LogP contribution is 2.24. The van der Waals surface area contributed by atoms with Gasteiger partial charge in [-0.2, -0.15) is 0 Å². The lowest BCUT2D eigenvalue weighted by Crippen LogP contribution is -2.04. The van der Waals surface area contributed by atoms with Crippen LogP contribution in [0.15, 0.2) is 30.5 Å². The van der Waals surface area contributed by atoms with E-state index in [2.05, 4.69) is 15.4 Å². The molecule has 0 aliphatic carbocycles. The Morgan fingerprint density at radius 3 is 2.62 bits per heavy atom. The first kappa shape index (κ1) is 20.0. The van der Waals surface area contributed by atoms with Crippen LogP contribution in [0.4, 0.5) is 0 Å². The zero-order chi connectivity index (χ0) is 17.8. The first-order chi connectivity index (χ1) is 11.6. The van der Waals surface area contributed by atoms with Crippen LogP contribution < -0.4 is 0 Å². The van der Waals surface area contributed by atoms with Crippen LogP contribution >= 0.6 is 11.6 Å². The van der Waals surface area contributed by atoms with Gasteiger partial charge in [0.15, 0.2) is 0 Å². The topological polar surface area (TPSA) is 57.5 Å². The van der Waals surface area contributed by atoms with Gasteiger partial charge in [-0.3, -0.25) is 9.59 Å². The molecule has 0 atom stereocenters. The Bertz CT molecular complexity index is 639. The second kappa shape index (κ2) is 11.5. The highest BCUT2D eigenvalue weighted by Gasteiger charge is 2.05. The van der Waals surface area contributed by atoms with Gasteiger partial charge in [0.25, 0.3) is 6.47 Å². The number of carbonyl (C=O) groups excluding carboxylic acids is 2. The number of aromatic nitrogens is 1. The summed E-state index contributed by atoms with van der Waals surface area (Å²) in [5, 5.41) is 1.86. The molecule has 2 aromatic rings. The van der Waals surface area contributed by atoms with Crippen molar-refractivity contribution in [1.29, 1.82) is 0 Å². The molecule has 5 nitrogen and oxygen atoms in total. The summed E-state index contributed by atoms with van der Waals surface area (Å²) in [4.78, 5) is 20.4. The van der Waals surface area contributed by atoms with Crippen molar-refractivity contribution in [2.24, 2.45) is 0 Å². The molecule has 0 unspecified atom stereocenters. The van der Waals surface area contributed by atoms with E-state index in [9.17, 15) is 9.59 Å². The molecule has 0 aliphatic heterocycles. The minimum atomic E-state index is -0.108. The molecule has 1 heterocycles. The Morgan fingerprint density at radius 1 is 1.21 bits per heavy atom. The summed E-state index contributed by atoms with van der Waals surface area (Å²) < 4.78 is 11.2. The molecule has 132 valence electrons. The van der Waals surface area contributed by atoms with Gasteiger partial charge in [0.05, 0.1) is 13.2 Å². The number of hydrogen-bond acceptors (Lipinski definition) is 4.